The molecule has 2 amide bonds. The SMILES string of the molecule is Cc1ccc(C(=O)NCCCc2ccccc2)c(C2CCN(C(=O)c3cccc(Br)c3)CC2)n1. The quantitative estimate of drug-likeness (QED) is 0.417. The van der Waals surface area contributed by atoms with Gasteiger partial charge in [0.2, 0.25) is 0 Å². The first-order chi connectivity index (χ1) is 16.5. The summed E-state index contributed by atoms with van der Waals surface area (Å²) in [6, 6.07) is 21.6. The van der Waals surface area contributed by atoms with Crippen molar-refractivity contribution in [2.45, 2.75) is 38.5 Å². The molecule has 34 heavy (non-hydrogen) atoms. The van der Waals surface area contributed by atoms with Crippen molar-refractivity contribution in [2.24, 2.45) is 0 Å². The van der Waals surface area contributed by atoms with Crippen molar-refractivity contribution < 1.29 is 9.59 Å². The Hall–Kier alpha value is -2.99. The summed E-state index contributed by atoms with van der Waals surface area (Å²) in [6.45, 7) is 3.89. The van der Waals surface area contributed by atoms with Crippen molar-refractivity contribution in [3.8, 4) is 0 Å². The minimum Gasteiger partial charge on any atom is -0.352 e. The predicted molar refractivity (Wildman–Crippen MR) is 138 cm³/mol. The lowest BCUT2D eigenvalue weighted by atomic mass is 9.89. The number of halogens is 1. The van der Waals surface area contributed by atoms with Gasteiger partial charge in [0.15, 0.2) is 0 Å². The molecule has 2 aromatic carbocycles. The van der Waals surface area contributed by atoms with Crippen LogP contribution in [-0.2, 0) is 6.42 Å². The molecule has 3 aromatic rings. The zero-order valence-electron chi connectivity index (χ0n) is 19.5. The second kappa shape index (κ2) is 11.4. The van der Waals surface area contributed by atoms with Gasteiger partial charge < -0.3 is 10.2 Å². The number of rotatable bonds is 7. The van der Waals surface area contributed by atoms with Crippen molar-refractivity contribution in [1.82, 2.24) is 15.2 Å². The molecule has 0 spiro atoms. The monoisotopic (exact) mass is 519 g/mol. The summed E-state index contributed by atoms with van der Waals surface area (Å²) in [5, 5.41) is 3.07. The van der Waals surface area contributed by atoms with Crippen LogP contribution in [0.3, 0.4) is 0 Å². The van der Waals surface area contributed by atoms with Crippen molar-refractivity contribution in [2.75, 3.05) is 19.6 Å². The molecule has 6 heteroatoms. The van der Waals surface area contributed by atoms with E-state index in [0.29, 0.717) is 30.8 Å². The van der Waals surface area contributed by atoms with E-state index >= 15 is 0 Å². The Morgan fingerprint density at radius 1 is 1.03 bits per heavy atom. The van der Waals surface area contributed by atoms with Crippen LogP contribution in [0.4, 0.5) is 0 Å². The molecule has 1 N–H and O–H groups in total. The fourth-order valence-electron chi connectivity index (χ4n) is 4.47. The number of carbonyl (C=O) groups excluding carboxylic acids is 2. The number of pyridine rings is 1. The number of piperidine rings is 1. The van der Waals surface area contributed by atoms with E-state index < -0.39 is 0 Å². The zero-order chi connectivity index (χ0) is 23.9. The molecule has 1 aromatic heterocycles. The van der Waals surface area contributed by atoms with Gasteiger partial charge in [-0.3, -0.25) is 14.6 Å². The normalized spacial score (nSPS) is 14.1. The van der Waals surface area contributed by atoms with Gasteiger partial charge in [0, 0.05) is 41.3 Å². The molecule has 0 unspecified atom stereocenters. The highest BCUT2D eigenvalue weighted by atomic mass is 79.9. The van der Waals surface area contributed by atoms with E-state index in [1.54, 1.807) is 0 Å². The summed E-state index contributed by atoms with van der Waals surface area (Å²) in [7, 11) is 0. The molecule has 1 aliphatic heterocycles. The fraction of sp³-hybridized carbons (Fsp3) is 0.321. The first-order valence-corrected chi connectivity index (χ1v) is 12.6. The smallest absolute Gasteiger partial charge is 0.253 e. The lowest BCUT2D eigenvalue weighted by Crippen LogP contribution is -2.38. The summed E-state index contributed by atoms with van der Waals surface area (Å²) in [5.41, 5.74) is 4.39. The summed E-state index contributed by atoms with van der Waals surface area (Å²) in [4.78, 5) is 32.6. The number of hydrogen-bond donors (Lipinski definition) is 1. The highest BCUT2D eigenvalue weighted by Crippen LogP contribution is 2.30. The zero-order valence-corrected chi connectivity index (χ0v) is 21.1. The molecular formula is C28H30BrN3O2. The molecular weight excluding hydrogens is 490 g/mol. The first-order valence-electron chi connectivity index (χ1n) is 11.9. The van der Waals surface area contributed by atoms with E-state index in [2.05, 4.69) is 33.4 Å². The van der Waals surface area contributed by atoms with Crippen LogP contribution in [0, 0.1) is 6.92 Å². The van der Waals surface area contributed by atoms with E-state index in [-0.39, 0.29) is 17.7 Å². The summed E-state index contributed by atoms with van der Waals surface area (Å²) >= 11 is 3.44. The standard InChI is InChI=1S/C28H30BrN3O2/c1-20-12-13-25(27(33)30-16-6-9-21-7-3-2-4-8-21)26(31-20)22-14-17-32(18-15-22)28(34)23-10-5-11-24(29)19-23/h2-5,7-8,10-13,19,22H,6,9,14-18H2,1H3,(H,30,33). The summed E-state index contributed by atoms with van der Waals surface area (Å²) in [5.74, 6) is 0.146. The van der Waals surface area contributed by atoms with Gasteiger partial charge in [0.25, 0.3) is 11.8 Å². The minimum atomic E-state index is -0.0665. The molecule has 1 fully saturated rings. The highest BCUT2D eigenvalue weighted by molar-refractivity contribution is 9.10. The number of carbonyl (C=O) groups is 2. The number of likely N-dealkylation sites (tertiary alicyclic amines) is 1. The lowest BCUT2D eigenvalue weighted by molar-refractivity contribution is 0.0710. The molecule has 2 heterocycles. The third-order valence-corrected chi connectivity index (χ3v) is 6.81. The van der Waals surface area contributed by atoms with Gasteiger partial charge in [-0.15, -0.1) is 0 Å². The maximum atomic E-state index is 13.0. The van der Waals surface area contributed by atoms with Gasteiger partial charge in [-0.2, -0.15) is 0 Å². The van der Waals surface area contributed by atoms with Crippen molar-refractivity contribution in [1.29, 1.82) is 0 Å². The Bertz CT molecular complexity index is 1140. The van der Waals surface area contributed by atoms with E-state index in [1.807, 2.05) is 66.4 Å². The Balaban J connectivity index is 1.36. The van der Waals surface area contributed by atoms with E-state index in [1.165, 1.54) is 5.56 Å². The van der Waals surface area contributed by atoms with Crippen LogP contribution in [0.2, 0.25) is 0 Å². The molecule has 0 bridgehead atoms. The van der Waals surface area contributed by atoms with Gasteiger partial charge in [-0.05, 0) is 68.5 Å². The number of benzene rings is 2. The van der Waals surface area contributed by atoms with E-state index in [9.17, 15) is 9.59 Å². The fourth-order valence-corrected chi connectivity index (χ4v) is 4.87. The van der Waals surface area contributed by atoms with Crippen molar-refractivity contribution in [3.63, 3.8) is 0 Å². The number of aromatic nitrogens is 1. The average molecular weight is 520 g/mol. The van der Waals surface area contributed by atoms with Crippen molar-refractivity contribution in [3.05, 3.63) is 99.3 Å². The molecule has 1 saturated heterocycles. The van der Waals surface area contributed by atoms with Crippen molar-refractivity contribution >= 4 is 27.7 Å². The van der Waals surface area contributed by atoms with Crippen LogP contribution in [0.1, 0.15) is 62.8 Å². The second-order valence-corrected chi connectivity index (χ2v) is 9.72. The second-order valence-electron chi connectivity index (χ2n) is 8.81. The molecule has 1 aliphatic rings. The van der Waals surface area contributed by atoms with Crippen LogP contribution in [0.15, 0.2) is 71.2 Å². The minimum absolute atomic E-state index is 0.0494. The lowest BCUT2D eigenvalue weighted by Gasteiger charge is -2.32. The van der Waals surface area contributed by atoms with Gasteiger partial charge in [-0.25, -0.2) is 0 Å². The topological polar surface area (TPSA) is 62.3 Å². The Labute approximate surface area is 209 Å². The van der Waals surface area contributed by atoms with Crippen LogP contribution < -0.4 is 5.32 Å². The Morgan fingerprint density at radius 2 is 1.79 bits per heavy atom. The van der Waals surface area contributed by atoms with Gasteiger partial charge in [0.1, 0.15) is 0 Å². The van der Waals surface area contributed by atoms with Crippen LogP contribution in [0.5, 0.6) is 0 Å². The molecule has 4 rings (SSSR count). The van der Waals surface area contributed by atoms with Crippen LogP contribution in [-0.4, -0.2) is 41.3 Å². The summed E-state index contributed by atoms with van der Waals surface area (Å²) in [6.07, 6.45) is 3.42. The third-order valence-electron chi connectivity index (χ3n) is 6.32. The van der Waals surface area contributed by atoms with E-state index in [4.69, 9.17) is 4.98 Å². The Morgan fingerprint density at radius 3 is 2.53 bits per heavy atom. The van der Waals surface area contributed by atoms with Gasteiger partial charge >= 0.3 is 0 Å². The highest BCUT2D eigenvalue weighted by Gasteiger charge is 2.28. The van der Waals surface area contributed by atoms with Crippen LogP contribution >= 0.6 is 15.9 Å². The maximum Gasteiger partial charge on any atom is 0.253 e. The first kappa shape index (κ1) is 24.1. The number of hydrogen-bond acceptors (Lipinski definition) is 3. The maximum absolute atomic E-state index is 13.0. The number of nitrogens with zero attached hydrogens (tertiary/aromatic N) is 2. The molecule has 176 valence electrons. The van der Waals surface area contributed by atoms with Crippen LogP contribution in [0.25, 0.3) is 0 Å². The van der Waals surface area contributed by atoms with Gasteiger partial charge in [-0.1, -0.05) is 52.3 Å². The predicted octanol–water partition coefficient (Wildman–Crippen LogP) is 5.53. The molecule has 0 radical (unpaired) electrons. The molecule has 0 saturated carbocycles. The Kier molecular flexibility index (Phi) is 8.12. The number of nitrogens with one attached hydrogen (secondary N) is 1. The van der Waals surface area contributed by atoms with Gasteiger partial charge in [0.05, 0.1) is 11.3 Å². The number of aryl methyl sites for hydroxylation is 2. The average Bonchev–Trinajstić information content (AvgIpc) is 2.87. The summed E-state index contributed by atoms with van der Waals surface area (Å²) < 4.78 is 0.900. The molecule has 0 aliphatic carbocycles. The molecule has 0 atom stereocenters. The number of amides is 2. The third kappa shape index (κ3) is 6.11. The van der Waals surface area contributed by atoms with E-state index in [0.717, 1.165) is 41.5 Å². The molecule has 5 nitrogen and oxygen atoms in total. The largest absolute Gasteiger partial charge is 0.352 e.